The highest BCUT2D eigenvalue weighted by Crippen LogP contribution is 2.23. The molecule has 0 bridgehead atoms. The van der Waals surface area contributed by atoms with Crippen LogP contribution in [-0.4, -0.2) is 18.0 Å². The van der Waals surface area contributed by atoms with Crippen LogP contribution in [0.4, 0.5) is 0 Å². The van der Waals surface area contributed by atoms with Gasteiger partial charge in [0.05, 0.1) is 0 Å². The van der Waals surface area contributed by atoms with Gasteiger partial charge in [-0.1, -0.05) is 13.8 Å². The lowest BCUT2D eigenvalue weighted by Gasteiger charge is -2.14. The number of thiophene rings is 2. The summed E-state index contributed by atoms with van der Waals surface area (Å²) in [6, 6.07) is 7.24. The number of nitrogens with one attached hydrogen (secondary N) is 1. The molecule has 0 aliphatic carbocycles. The van der Waals surface area contributed by atoms with Gasteiger partial charge in [0.1, 0.15) is 0 Å². The van der Waals surface area contributed by atoms with Crippen LogP contribution in [0.25, 0.3) is 0 Å². The molecule has 2 aromatic rings. The van der Waals surface area contributed by atoms with E-state index >= 15 is 0 Å². The van der Waals surface area contributed by atoms with E-state index < -0.39 is 0 Å². The van der Waals surface area contributed by atoms with Crippen molar-refractivity contribution < 1.29 is 0 Å². The van der Waals surface area contributed by atoms with Crippen LogP contribution in [0.5, 0.6) is 0 Å². The van der Waals surface area contributed by atoms with Gasteiger partial charge in [-0.15, -0.1) is 22.7 Å². The van der Waals surface area contributed by atoms with Gasteiger partial charge in [-0.25, -0.2) is 0 Å². The molecule has 0 amide bonds. The molecule has 0 aromatic carbocycles. The first-order valence-electron chi connectivity index (χ1n) is 6.75. The topological polar surface area (TPSA) is 15.3 Å². The fourth-order valence-corrected chi connectivity index (χ4v) is 4.51. The third-order valence-electron chi connectivity index (χ3n) is 2.88. The van der Waals surface area contributed by atoms with Crippen LogP contribution in [0.2, 0.25) is 0 Å². The predicted octanol–water partition coefficient (Wildman–Crippen LogP) is 4.70. The maximum Gasteiger partial charge on any atom is 0.0329 e. The average Bonchev–Trinajstić information content (AvgIpc) is 2.96. The Morgan fingerprint density at radius 1 is 1.20 bits per heavy atom. The van der Waals surface area contributed by atoms with Gasteiger partial charge in [0.15, 0.2) is 0 Å². The number of rotatable bonds is 7. The summed E-state index contributed by atoms with van der Waals surface area (Å²) in [6.45, 7) is 7.36. The molecule has 0 fully saturated rings. The summed E-state index contributed by atoms with van der Waals surface area (Å²) in [5, 5.41) is 5.61. The van der Waals surface area contributed by atoms with Crippen molar-refractivity contribution in [3.8, 4) is 0 Å². The summed E-state index contributed by atoms with van der Waals surface area (Å²) in [7, 11) is 2.18. The Morgan fingerprint density at radius 2 is 1.90 bits per heavy atom. The molecule has 0 saturated carbocycles. The summed E-state index contributed by atoms with van der Waals surface area (Å²) in [4.78, 5) is 6.62. The molecule has 0 unspecified atom stereocenters. The van der Waals surface area contributed by atoms with Crippen LogP contribution in [0, 0.1) is 0 Å². The predicted molar refractivity (Wildman–Crippen MR) is 93.5 cm³/mol. The van der Waals surface area contributed by atoms with Crippen LogP contribution in [0.1, 0.15) is 28.5 Å². The maximum atomic E-state index is 3.51. The first-order chi connectivity index (χ1) is 9.52. The van der Waals surface area contributed by atoms with Crippen molar-refractivity contribution in [3.05, 3.63) is 42.7 Å². The zero-order valence-electron chi connectivity index (χ0n) is 12.1. The Bertz CT molecular complexity index is 533. The van der Waals surface area contributed by atoms with Crippen LogP contribution in [0.15, 0.2) is 28.1 Å². The van der Waals surface area contributed by atoms with Crippen LogP contribution < -0.4 is 5.32 Å². The number of hydrogen-bond donors (Lipinski definition) is 1. The molecule has 0 atom stereocenters. The Morgan fingerprint density at radius 3 is 2.55 bits per heavy atom. The van der Waals surface area contributed by atoms with Crippen molar-refractivity contribution in [3.63, 3.8) is 0 Å². The lowest BCUT2D eigenvalue weighted by atomic mass is 10.3. The monoisotopic (exact) mass is 372 g/mol. The molecule has 1 N–H and O–H groups in total. The molecule has 0 spiro atoms. The molecular formula is C15H21BrN2S2. The molecule has 5 heteroatoms. The third-order valence-corrected chi connectivity index (χ3v) is 5.63. The minimum atomic E-state index is 0.542. The zero-order chi connectivity index (χ0) is 14.5. The van der Waals surface area contributed by atoms with E-state index in [2.05, 4.69) is 70.6 Å². The summed E-state index contributed by atoms with van der Waals surface area (Å²) in [5.74, 6) is 0. The van der Waals surface area contributed by atoms with Crippen molar-refractivity contribution in [2.75, 3.05) is 7.05 Å². The first kappa shape index (κ1) is 16.2. The Balaban J connectivity index is 1.83. The zero-order valence-corrected chi connectivity index (χ0v) is 15.4. The fraction of sp³-hybridized carbons (Fsp3) is 0.467. The van der Waals surface area contributed by atoms with Gasteiger partial charge in [-0.05, 0) is 41.2 Å². The van der Waals surface area contributed by atoms with Crippen LogP contribution in [0.3, 0.4) is 0 Å². The van der Waals surface area contributed by atoms with Crippen molar-refractivity contribution >= 4 is 38.6 Å². The van der Waals surface area contributed by atoms with E-state index in [4.69, 9.17) is 0 Å². The summed E-state index contributed by atoms with van der Waals surface area (Å²) in [6.07, 6.45) is 0. The van der Waals surface area contributed by atoms with Crippen molar-refractivity contribution in [2.45, 2.75) is 39.5 Å². The smallest absolute Gasteiger partial charge is 0.0329 e. The lowest BCUT2D eigenvalue weighted by molar-refractivity contribution is 0.325. The van der Waals surface area contributed by atoms with E-state index in [1.165, 1.54) is 19.1 Å². The van der Waals surface area contributed by atoms with Gasteiger partial charge in [0, 0.05) is 50.2 Å². The number of halogens is 1. The van der Waals surface area contributed by atoms with Crippen molar-refractivity contribution in [1.29, 1.82) is 0 Å². The fourth-order valence-electron chi connectivity index (χ4n) is 1.93. The molecule has 0 aliphatic rings. The Kier molecular flexibility index (Phi) is 6.23. The molecule has 2 nitrogen and oxygen atoms in total. The Hall–Kier alpha value is -0.200. The van der Waals surface area contributed by atoms with E-state index in [9.17, 15) is 0 Å². The highest BCUT2D eigenvalue weighted by molar-refractivity contribution is 9.10. The minimum Gasteiger partial charge on any atom is -0.310 e. The van der Waals surface area contributed by atoms with Crippen LogP contribution >= 0.6 is 38.6 Å². The SMILES string of the molecule is CC(C)NCc1ccc(CN(C)Cc2cc(Br)cs2)s1. The summed E-state index contributed by atoms with van der Waals surface area (Å²) in [5.41, 5.74) is 0. The van der Waals surface area contributed by atoms with Crippen molar-refractivity contribution in [2.24, 2.45) is 0 Å². The largest absolute Gasteiger partial charge is 0.310 e. The highest BCUT2D eigenvalue weighted by Gasteiger charge is 2.06. The second-order valence-electron chi connectivity index (χ2n) is 5.31. The molecule has 2 heterocycles. The molecule has 0 aliphatic heterocycles. The van der Waals surface area contributed by atoms with E-state index in [0.717, 1.165) is 19.6 Å². The van der Waals surface area contributed by atoms with E-state index in [-0.39, 0.29) is 0 Å². The van der Waals surface area contributed by atoms with Gasteiger partial charge >= 0.3 is 0 Å². The second-order valence-corrected chi connectivity index (χ2v) is 8.47. The summed E-state index contributed by atoms with van der Waals surface area (Å²) < 4.78 is 1.18. The molecule has 2 rings (SSSR count). The molecule has 110 valence electrons. The van der Waals surface area contributed by atoms with Gasteiger partial charge < -0.3 is 5.32 Å². The third kappa shape index (κ3) is 5.30. The molecule has 20 heavy (non-hydrogen) atoms. The van der Waals surface area contributed by atoms with Gasteiger partial charge in [-0.3, -0.25) is 4.90 Å². The normalized spacial score (nSPS) is 11.7. The number of hydrogen-bond acceptors (Lipinski definition) is 4. The maximum absolute atomic E-state index is 3.51. The summed E-state index contributed by atoms with van der Waals surface area (Å²) >= 11 is 7.23. The molecule has 2 aromatic heterocycles. The van der Waals surface area contributed by atoms with Crippen molar-refractivity contribution in [1.82, 2.24) is 10.2 Å². The lowest BCUT2D eigenvalue weighted by Crippen LogP contribution is -2.21. The van der Waals surface area contributed by atoms with Gasteiger partial charge in [0.2, 0.25) is 0 Å². The molecular weight excluding hydrogens is 352 g/mol. The minimum absolute atomic E-state index is 0.542. The second kappa shape index (κ2) is 7.71. The first-order valence-corrected chi connectivity index (χ1v) is 9.24. The number of nitrogens with zero attached hydrogens (tertiary/aromatic N) is 1. The quantitative estimate of drug-likeness (QED) is 0.757. The molecule has 0 saturated heterocycles. The Labute approximate surface area is 138 Å². The molecule has 0 radical (unpaired) electrons. The van der Waals surface area contributed by atoms with E-state index in [0.29, 0.717) is 6.04 Å². The van der Waals surface area contributed by atoms with Gasteiger partial charge in [0.25, 0.3) is 0 Å². The van der Waals surface area contributed by atoms with E-state index in [1.807, 2.05) is 22.7 Å². The van der Waals surface area contributed by atoms with Crippen LogP contribution in [-0.2, 0) is 19.6 Å². The average molecular weight is 373 g/mol. The highest BCUT2D eigenvalue weighted by atomic mass is 79.9. The van der Waals surface area contributed by atoms with Gasteiger partial charge in [-0.2, -0.15) is 0 Å². The van der Waals surface area contributed by atoms with E-state index in [1.54, 1.807) is 0 Å². The standard InChI is InChI=1S/C15H21BrN2S2/c1-11(2)17-7-13-4-5-14(20-13)8-18(3)9-15-6-12(16)10-19-15/h4-6,10-11,17H,7-9H2,1-3H3.